The molecule has 1 aliphatic rings. The molecule has 0 atom stereocenters. The zero-order valence-corrected chi connectivity index (χ0v) is 9.23. The molecule has 0 aliphatic carbocycles. The van der Waals surface area contributed by atoms with Gasteiger partial charge in [-0.2, -0.15) is 0 Å². The molecule has 1 aliphatic heterocycles. The van der Waals surface area contributed by atoms with Gasteiger partial charge in [-0.25, -0.2) is 0 Å². The van der Waals surface area contributed by atoms with Crippen LogP contribution in [0.5, 0.6) is 0 Å². The molecule has 1 aromatic heterocycles. The Morgan fingerprint density at radius 1 is 1.36 bits per heavy atom. The highest BCUT2D eigenvalue weighted by Gasteiger charge is 2.16. The predicted octanol–water partition coefficient (Wildman–Crippen LogP) is 2.84. The lowest BCUT2D eigenvalue weighted by Gasteiger charge is -2.10. The number of furan rings is 1. The summed E-state index contributed by atoms with van der Waals surface area (Å²) in [5.74, 6) is 1.15. The van der Waals surface area contributed by atoms with Crippen molar-refractivity contribution in [2.24, 2.45) is 0 Å². The highest BCUT2D eigenvalue weighted by atomic mass is 79.9. The lowest BCUT2D eigenvalue weighted by molar-refractivity contribution is 0.500. The number of benzene rings is 1. The van der Waals surface area contributed by atoms with Gasteiger partial charge in [-0.05, 0) is 18.2 Å². The van der Waals surface area contributed by atoms with Crippen molar-refractivity contribution >= 4 is 26.9 Å². The molecule has 2 heterocycles. The van der Waals surface area contributed by atoms with Gasteiger partial charge in [0.05, 0.1) is 0 Å². The Balaban J connectivity index is 2.31. The molecule has 2 nitrogen and oxygen atoms in total. The summed E-state index contributed by atoms with van der Waals surface area (Å²) in [7, 11) is 0. The van der Waals surface area contributed by atoms with Gasteiger partial charge in [0.25, 0.3) is 0 Å². The normalized spacial score (nSPS) is 15.8. The fourth-order valence-electron chi connectivity index (χ4n) is 1.99. The summed E-state index contributed by atoms with van der Waals surface area (Å²) in [5.41, 5.74) is 2.33. The van der Waals surface area contributed by atoms with Gasteiger partial charge in [0.15, 0.2) is 0 Å². The van der Waals surface area contributed by atoms with Crippen molar-refractivity contribution < 1.29 is 4.42 Å². The number of rotatable bonds is 0. The Labute approximate surface area is 90.4 Å². The van der Waals surface area contributed by atoms with Crippen LogP contribution in [0.4, 0.5) is 0 Å². The van der Waals surface area contributed by atoms with Crippen LogP contribution in [0, 0.1) is 0 Å². The Morgan fingerprint density at radius 2 is 2.29 bits per heavy atom. The average molecular weight is 252 g/mol. The van der Waals surface area contributed by atoms with Gasteiger partial charge in [-0.3, -0.25) is 0 Å². The van der Waals surface area contributed by atoms with E-state index >= 15 is 0 Å². The van der Waals surface area contributed by atoms with Crippen LogP contribution >= 0.6 is 15.9 Å². The van der Waals surface area contributed by atoms with E-state index in [9.17, 15) is 0 Å². The Hall–Kier alpha value is -0.800. The fourth-order valence-corrected chi connectivity index (χ4v) is 2.33. The van der Waals surface area contributed by atoms with E-state index in [0.29, 0.717) is 0 Å². The van der Waals surface area contributed by atoms with E-state index in [0.717, 1.165) is 35.3 Å². The molecule has 1 aromatic carbocycles. The molecule has 3 heteroatoms. The standard InChI is InChI=1S/C11H10BrNO/c12-7-1-2-8-9-6-13-4-3-10(9)14-11(8)5-7/h1-2,5,13H,3-4,6H2. The molecular formula is C11H10BrNO. The second kappa shape index (κ2) is 3.11. The molecule has 0 bridgehead atoms. The molecule has 0 unspecified atom stereocenters. The van der Waals surface area contributed by atoms with Crippen molar-refractivity contribution in [1.82, 2.24) is 5.32 Å². The third kappa shape index (κ3) is 1.20. The Morgan fingerprint density at radius 3 is 3.21 bits per heavy atom. The molecule has 0 spiro atoms. The predicted molar refractivity (Wildman–Crippen MR) is 59.3 cm³/mol. The Bertz CT molecular complexity index is 489. The zero-order chi connectivity index (χ0) is 9.54. The van der Waals surface area contributed by atoms with Gasteiger partial charge in [0.1, 0.15) is 11.3 Å². The first kappa shape index (κ1) is 8.50. The maximum absolute atomic E-state index is 5.80. The molecule has 0 radical (unpaired) electrons. The maximum atomic E-state index is 5.80. The minimum atomic E-state index is 0.934. The molecule has 1 N–H and O–H groups in total. The number of hydrogen-bond donors (Lipinski definition) is 1. The van der Waals surface area contributed by atoms with E-state index in [4.69, 9.17) is 4.42 Å². The summed E-state index contributed by atoms with van der Waals surface area (Å²) in [6.07, 6.45) is 1.00. The van der Waals surface area contributed by atoms with Gasteiger partial charge in [-0.15, -0.1) is 0 Å². The Kier molecular flexibility index (Phi) is 1.89. The molecule has 72 valence electrons. The maximum Gasteiger partial charge on any atom is 0.135 e. The van der Waals surface area contributed by atoms with Crippen LogP contribution in [0.1, 0.15) is 11.3 Å². The first-order valence-electron chi connectivity index (χ1n) is 4.75. The van der Waals surface area contributed by atoms with Crippen molar-refractivity contribution in [3.63, 3.8) is 0 Å². The van der Waals surface area contributed by atoms with E-state index in [1.54, 1.807) is 0 Å². The minimum absolute atomic E-state index is 0.934. The molecule has 0 saturated heterocycles. The van der Waals surface area contributed by atoms with Crippen molar-refractivity contribution in [3.8, 4) is 0 Å². The summed E-state index contributed by atoms with van der Waals surface area (Å²) >= 11 is 3.45. The van der Waals surface area contributed by atoms with Gasteiger partial charge in [0.2, 0.25) is 0 Å². The molecule has 0 fully saturated rings. The smallest absolute Gasteiger partial charge is 0.135 e. The monoisotopic (exact) mass is 251 g/mol. The van der Waals surface area contributed by atoms with Crippen LogP contribution in [0.15, 0.2) is 27.1 Å². The lowest BCUT2D eigenvalue weighted by Crippen LogP contribution is -2.22. The fraction of sp³-hybridized carbons (Fsp3) is 0.273. The van der Waals surface area contributed by atoms with E-state index in [2.05, 4.69) is 33.4 Å². The van der Waals surface area contributed by atoms with Gasteiger partial charge in [-0.1, -0.05) is 15.9 Å². The zero-order valence-electron chi connectivity index (χ0n) is 7.64. The van der Waals surface area contributed by atoms with E-state index < -0.39 is 0 Å². The van der Waals surface area contributed by atoms with Gasteiger partial charge in [0, 0.05) is 34.9 Å². The van der Waals surface area contributed by atoms with Crippen LogP contribution in [0.2, 0.25) is 0 Å². The molecule has 0 amide bonds. The van der Waals surface area contributed by atoms with Crippen LogP contribution < -0.4 is 5.32 Å². The highest BCUT2D eigenvalue weighted by molar-refractivity contribution is 9.10. The second-order valence-electron chi connectivity index (χ2n) is 3.57. The second-order valence-corrected chi connectivity index (χ2v) is 4.49. The van der Waals surface area contributed by atoms with E-state index in [1.165, 1.54) is 10.9 Å². The summed E-state index contributed by atoms with van der Waals surface area (Å²) in [6.45, 7) is 1.96. The minimum Gasteiger partial charge on any atom is -0.461 e. The number of fused-ring (bicyclic) bond motifs is 3. The van der Waals surface area contributed by atoms with E-state index in [1.807, 2.05) is 6.07 Å². The van der Waals surface area contributed by atoms with Gasteiger partial charge < -0.3 is 9.73 Å². The summed E-state index contributed by atoms with van der Waals surface area (Å²) in [4.78, 5) is 0. The summed E-state index contributed by atoms with van der Waals surface area (Å²) in [6, 6.07) is 6.22. The molecule has 14 heavy (non-hydrogen) atoms. The third-order valence-corrected chi connectivity index (χ3v) is 3.16. The first-order valence-corrected chi connectivity index (χ1v) is 5.54. The summed E-state index contributed by atoms with van der Waals surface area (Å²) in [5, 5.41) is 4.61. The first-order chi connectivity index (χ1) is 6.84. The van der Waals surface area contributed by atoms with Crippen molar-refractivity contribution in [2.75, 3.05) is 6.54 Å². The van der Waals surface area contributed by atoms with Crippen LogP contribution in [0.3, 0.4) is 0 Å². The molecule has 2 aromatic rings. The quantitative estimate of drug-likeness (QED) is 0.779. The van der Waals surface area contributed by atoms with Crippen LogP contribution in [-0.2, 0) is 13.0 Å². The van der Waals surface area contributed by atoms with Gasteiger partial charge >= 0.3 is 0 Å². The van der Waals surface area contributed by atoms with Crippen molar-refractivity contribution in [3.05, 3.63) is 34.0 Å². The van der Waals surface area contributed by atoms with Crippen molar-refractivity contribution in [1.29, 1.82) is 0 Å². The number of halogens is 1. The van der Waals surface area contributed by atoms with Crippen LogP contribution in [-0.4, -0.2) is 6.54 Å². The van der Waals surface area contributed by atoms with Crippen LogP contribution in [0.25, 0.3) is 11.0 Å². The SMILES string of the molecule is Brc1ccc2c3c(oc2c1)CCNC3. The molecule has 3 rings (SSSR count). The average Bonchev–Trinajstić information content (AvgIpc) is 2.54. The molecule has 0 saturated carbocycles. The number of nitrogens with one attached hydrogen (secondary N) is 1. The summed E-state index contributed by atoms with van der Waals surface area (Å²) < 4.78 is 6.87. The number of hydrogen-bond acceptors (Lipinski definition) is 2. The highest BCUT2D eigenvalue weighted by Crippen LogP contribution is 2.29. The topological polar surface area (TPSA) is 25.2 Å². The van der Waals surface area contributed by atoms with Crippen molar-refractivity contribution in [2.45, 2.75) is 13.0 Å². The molecular weight excluding hydrogens is 242 g/mol. The third-order valence-electron chi connectivity index (χ3n) is 2.67. The largest absolute Gasteiger partial charge is 0.461 e. The van der Waals surface area contributed by atoms with E-state index in [-0.39, 0.29) is 0 Å². The lowest BCUT2D eigenvalue weighted by atomic mass is 10.1.